The lowest BCUT2D eigenvalue weighted by Crippen LogP contribution is -2.24. The molecule has 0 amide bonds. The number of nitrogens with zero attached hydrogens (tertiary/aromatic N) is 2. The van der Waals surface area contributed by atoms with Gasteiger partial charge < -0.3 is 14.7 Å². The molecule has 1 N–H and O–H groups in total. The zero-order chi connectivity index (χ0) is 12.5. The quantitative estimate of drug-likeness (QED) is 0.877. The van der Waals surface area contributed by atoms with Crippen molar-refractivity contribution in [3.05, 3.63) is 4.88 Å². The molecule has 1 aromatic heterocycles. The number of methoxy groups -OCH3 is 1. The van der Waals surface area contributed by atoms with Crippen molar-refractivity contribution in [2.45, 2.75) is 5.92 Å². The van der Waals surface area contributed by atoms with E-state index in [-0.39, 0.29) is 11.0 Å². The second-order valence-electron chi connectivity index (χ2n) is 3.11. The summed E-state index contributed by atoms with van der Waals surface area (Å²) in [5.41, 5.74) is 0. The van der Waals surface area contributed by atoms with Gasteiger partial charge in [-0.2, -0.15) is 13.8 Å². The van der Waals surface area contributed by atoms with Crippen molar-refractivity contribution in [3.8, 4) is 5.88 Å². The molecule has 1 aromatic rings. The van der Waals surface area contributed by atoms with Crippen LogP contribution in [-0.2, 0) is 10.7 Å². The molecule has 90 valence electrons. The van der Waals surface area contributed by atoms with Crippen LogP contribution >= 0.6 is 11.3 Å². The molecule has 5 nitrogen and oxygen atoms in total. The highest BCUT2D eigenvalue weighted by molar-refractivity contribution is 7.16. The molecular weight excluding hydrogens is 242 g/mol. The molecular formula is C8H10F2N2O3S. The average Bonchev–Trinajstić information content (AvgIpc) is 2.61. The van der Waals surface area contributed by atoms with E-state index in [2.05, 4.69) is 9.72 Å². The van der Waals surface area contributed by atoms with E-state index in [1.807, 2.05) is 0 Å². The van der Waals surface area contributed by atoms with E-state index in [1.165, 1.54) is 4.90 Å². The molecule has 0 atom stereocenters. The average molecular weight is 252 g/mol. The first kappa shape index (κ1) is 12.6. The number of aromatic nitrogens is 1. The molecule has 16 heavy (non-hydrogen) atoms. The minimum atomic E-state index is -3.99. The van der Waals surface area contributed by atoms with Crippen molar-refractivity contribution in [2.24, 2.45) is 0 Å². The van der Waals surface area contributed by atoms with Crippen molar-refractivity contribution in [3.63, 3.8) is 0 Å². The molecule has 0 saturated heterocycles. The number of carboxylic acid groups (broad SMARTS) is 1. The van der Waals surface area contributed by atoms with Gasteiger partial charge in [-0.25, -0.2) is 4.79 Å². The van der Waals surface area contributed by atoms with Gasteiger partial charge in [0.15, 0.2) is 10.0 Å². The molecule has 0 fully saturated rings. The Hall–Kier alpha value is -1.44. The first-order valence-corrected chi connectivity index (χ1v) is 4.96. The fourth-order valence-electron chi connectivity index (χ4n) is 0.921. The second kappa shape index (κ2) is 4.20. The number of hydrogen-bond donors (Lipinski definition) is 1. The Morgan fingerprint density at radius 2 is 2.12 bits per heavy atom. The summed E-state index contributed by atoms with van der Waals surface area (Å²) in [6.45, 7) is 0. The molecule has 0 radical (unpaired) electrons. The number of carbonyl (C=O) groups is 1. The molecule has 0 saturated carbocycles. The number of carboxylic acids is 1. The van der Waals surface area contributed by atoms with Crippen LogP contribution in [0.5, 0.6) is 5.88 Å². The maximum Gasteiger partial charge on any atom is 0.382 e. The number of aliphatic carboxylic acids is 1. The second-order valence-corrected chi connectivity index (χ2v) is 4.09. The Morgan fingerprint density at radius 3 is 2.50 bits per heavy atom. The zero-order valence-electron chi connectivity index (χ0n) is 8.82. The molecule has 0 aromatic carbocycles. The van der Waals surface area contributed by atoms with Crippen LogP contribution in [0.4, 0.5) is 13.9 Å². The lowest BCUT2D eigenvalue weighted by Gasteiger charge is -2.09. The number of ether oxygens (including phenoxy) is 1. The maximum atomic E-state index is 13.3. The summed E-state index contributed by atoms with van der Waals surface area (Å²) in [6.07, 6.45) is 0. The standard InChI is InChI=1S/C8H10F2N2O3S/c1-12(2)7-11-5(15-3)4(16-7)8(9,10)6(13)14/h1-3H3,(H,13,14). The Morgan fingerprint density at radius 1 is 1.56 bits per heavy atom. The molecule has 1 rings (SSSR count). The molecule has 0 aliphatic carbocycles. The predicted octanol–water partition coefficient (Wildman–Crippen LogP) is 1.39. The van der Waals surface area contributed by atoms with Gasteiger partial charge in [0.2, 0.25) is 5.88 Å². The first-order chi connectivity index (χ1) is 7.30. The normalized spacial score (nSPS) is 11.3. The van der Waals surface area contributed by atoms with Crippen LogP contribution < -0.4 is 9.64 Å². The van der Waals surface area contributed by atoms with E-state index in [9.17, 15) is 13.6 Å². The third-order valence-electron chi connectivity index (χ3n) is 1.71. The summed E-state index contributed by atoms with van der Waals surface area (Å²) < 4.78 is 31.2. The van der Waals surface area contributed by atoms with Crippen LogP contribution in [0.1, 0.15) is 4.88 Å². The van der Waals surface area contributed by atoms with Crippen molar-refractivity contribution >= 4 is 22.4 Å². The Kier molecular flexibility index (Phi) is 3.32. The molecule has 0 spiro atoms. The van der Waals surface area contributed by atoms with Crippen LogP contribution in [0, 0.1) is 0 Å². The van der Waals surface area contributed by atoms with E-state index in [1.54, 1.807) is 14.1 Å². The van der Waals surface area contributed by atoms with Gasteiger partial charge in [0.05, 0.1) is 7.11 Å². The minimum Gasteiger partial charge on any atom is -0.480 e. The van der Waals surface area contributed by atoms with E-state index < -0.39 is 16.8 Å². The van der Waals surface area contributed by atoms with Crippen molar-refractivity contribution < 1.29 is 23.4 Å². The third kappa shape index (κ3) is 2.06. The van der Waals surface area contributed by atoms with Crippen LogP contribution in [0.2, 0.25) is 0 Å². The van der Waals surface area contributed by atoms with Gasteiger partial charge in [0.25, 0.3) is 0 Å². The van der Waals surface area contributed by atoms with Gasteiger partial charge in [0.1, 0.15) is 0 Å². The molecule has 0 aliphatic rings. The summed E-state index contributed by atoms with van der Waals surface area (Å²) in [4.78, 5) is 15.0. The molecule has 8 heteroatoms. The van der Waals surface area contributed by atoms with E-state index in [0.717, 1.165) is 7.11 Å². The smallest absolute Gasteiger partial charge is 0.382 e. The molecule has 0 bridgehead atoms. The Balaban J connectivity index is 3.27. The Bertz CT molecular complexity index is 406. The van der Waals surface area contributed by atoms with Crippen LogP contribution in [0.25, 0.3) is 0 Å². The van der Waals surface area contributed by atoms with Crippen molar-refractivity contribution in [1.29, 1.82) is 0 Å². The Labute approximate surface area is 94.3 Å². The number of halogens is 2. The van der Waals surface area contributed by atoms with E-state index >= 15 is 0 Å². The number of hydrogen-bond acceptors (Lipinski definition) is 5. The maximum absolute atomic E-state index is 13.3. The number of thiazole rings is 1. The molecule has 0 aliphatic heterocycles. The van der Waals surface area contributed by atoms with Crippen LogP contribution in [0.15, 0.2) is 0 Å². The van der Waals surface area contributed by atoms with Gasteiger partial charge in [0, 0.05) is 14.1 Å². The van der Waals surface area contributed by atoms with Gasteiger partial charge >= 0.3 is 11.9 Å². The summed E-state index contributed by atoms with van der Waals surface area (Å²) in [7, 11) is 4.39. The number of rotatable bonds is 4. The molecule has 0 unspecified atom stereocenters. The fraction of sp³-hybridized carbons (Fsp3) is 0.500. The predicted molar refractivity (Wildman–Crippen MR) is 54.5 cm³/mol. The van der Waals surface area contributed by atoms with Gasteiger partial charge in [-0.15, -0.1) is 0 Å². The summed E-state index contributed by atoms with van der Waals surface area (Å²) in [5.74, 6) is -6.57. The summed E-state index contributed by atoms with van der Waals surface area (Å²) in [5, 5.41) is 8.68. The van der Waals surface area contributed by atoms with Gasteiger partial charge in [-0.3, -0.25) is 0 Å². The number of anilines is 1. The van der Waals surface area contributed by atoms with E-state index in [4.69, 9.17) is 5.11 Å². The van der Waals surface area contributed by atoms with Gasteiger partial charge in [-0.05, 0) is 0 Å². The first-order valence-electron chi connectivity index (χ1n) is 4.14. The van der Waals surface area contributed by atoms with Gasteiger partial charge in [-0.1, -0.05) is 11.3 Å². The SMILES string of the molecule is COc1nc(N(C)C)sc1C(F)(F)C(=O)O. The topological polar surface area (TPSA) is 62.7 Å². The summed E-state index contributed by atoms with van der Waals surface area (Å²) >= 11 is 0.586. The zero-order valence-corrected chi connectivity index (χ0v) is 9.64. The van der Waals surface area contributed by atoms with E-state index in [0.29, 0.717) is 11.3 Å². The monoisotopic (exact) mass is 252 g/mol. The lowest BCUT2D eigenvalue weighted by molar-refractivity contribution is -0.166. The minimum absolute atomic E-state index is 0.257. The highest BCUT2D eigenvalue weighted by atomic mass is 32.1. The molecule has 1 heterocycles. The number of alkyl halides is 2. The highest BCUT2D eigenvalue weighted by Crippen LogP contribution is 2.41. The highest BCUT2D eigenvalue weighted by Gasteiger charge is 2.46. The van der Waals surface area contributed by atoms with Crippen LogP contribution in [0.3, 0.4) is 0 Å². The fourth-order valence-corrected chi connectivity index (χ4v) is 1.85. The summed E-state index contributed by atoms with van der Waals surface area (Å²) in [6, 6.07) is 0. The van der Waals surface area contributed by atoms with Crippen molar-refractivity contribution in [1.82, 2.24) is 4.98 Å². The third-order valence-corrected chi connectivity index (χ3v) is 2.99. The van der Waals surface area contributed by atoms with Crippen LogP contribution in [-0.4, -0.2) is 37.3 Å². The van der Waals surface area contributed by atoms with Crippen molar-refractivity contribution in [2.75, 3.05) is 26.1 Å². The lowest BCUT2D eigenvalue weighted by atomic mass is 10.3. The largest absolute Gasteiger partial charge is 0.480 e.